The maximum Gasteiger partial charge on any atom is 0.276 e. The number of rotatable bonds is 4. The summed E-state index contributed by atoms with van der Waals surface area (Å²) < 4.78 is 54.5. The van der Waals surface area contributed by atoms with Gasteiger partial charge >= 0.3 is 0 Å². The molecule has 1 aromatic heterocycles. The van der Waals surface area contributed by atoms with Crippen LogP contribution in [-0.4, -0.2) is 46.8 Å². The molecule has 6 rings (SSSR count). The van der Waals surface area contributed by atoms with Crippen molar-refractivity contribution >= 4 is 11.8 Å². The van der Waals surface area contributed by atoms with Crippen molar-refractivity contribution in [3.8, 4) is 5.75 Å². The van der Waals surface area contributed by atoms with Gasteiger partial charge in [0.2, 0.25) is 5.43 Å². The van der Waals surface area contributed by atoms with Crippen LogP contribution in [-0.2, 0) is 11.3 Å². The van der Waals surface area contributed by atoms with Crippen LogP contribution in [0.5, 0.6) is 5.75 Å². The average molecular weight is 489 g/mol. The molecule has 184 valence electrons. The Kier molecular flexibility index (Phi) is 4.64. The molecule has 2 amide bonds. The van der Waals surface area contributed by atoms with Crippen molar-refractivity contribution in [1.82, 2.24) is 14.8 Å². The molecular formula is C24H22F3N3O5. The van der Waals surface area contributed by atoms with E-state index in [4.69, 9.17) is 9.47 Å². The summed E-state index contributed by atoms with van der Waals surface area (Å²) in [6.07, 6.45) is 3.65. The third-order valence-corrected chi connectivity index (χ3v) is 7.86. The van der Waals surface area contributed by atoms with Gasteiger partial charge in [-0.1, -0.05) is 0 Å². The smallest absolute Gasteiger partial charge is 0.276 e. The van der Waals surface area contributed by atoms with Gasteiger partial charge in [0.15, 0.2) is 17.7 Å². The topological polar surface area (TPSA) is 89.9 Å². The summed E-state index contributed by atoms with van der Waals surface area (Å²) in [6.45, 7) is 1.51. The second-order valence-electron chi connectivity index (χ2n) is 9.67. The Balaban J connectivity index is 1.34. The molecule has 0 radical (unpaired) electrons. The van der Waals surface area contributed by atoms with Crippen LogP contribution < -0.4 is 15.5 Å². The third-order valence-electron chi connectivity index (χ3n) is 7.86. The number of carbonyl (C=O) groups is 2. The molecule has 2 aromatic rings. The second-order valence-corrected chi connectivity index (χ2v) is 9.67. The van der Waals surface area contributed by atoms with Crippen LogP contribution in [0.4, 0.5) is 13.2 Å². The number of amides is 2. The first kappa shape index (κ1) is 22.1. The lowest BCUT2D eigenvalue weighted by Crippen LogP contribution is -2.61. The number of nitrogens with zero attached hydrogens (tertiary/aromatic N) is 2. The van der Waals surface area contributed by atoms with Gasteiger partial charge in [0, 0.05) is 35.3 Å². The van der Waals surface area contributed by atoms with E-state index in [-0.39, 0.29) is 41.1 Å². The van der Waals surface area contributed by atoms with Gasteiger partial charge in [-0.25, -0.2) is 13.2 Å². The molecule has 3 heterocycles. The van der Waals surface area contributed by atoms with E-state index in [0.717, 1.165) is 19.3 Å². The molecule has 1 saturated heterocycles. The fourth-order valence-corrected chi connectivity index (χ4v) is 5.95. The molecule has 4 aliphatic rings. The van der Waals surface area contributed by atoms with Crippen molar-refractivity contribution in [2.45, 2.75) is 57.1 Å². The number of hydrogen-bond donors (Lipinski definition) is 1. The van der Waals surface area contributed by atoms with Gasteiger partial charge in [-0.15, -0.1) is 0 Å². The van der Waals surface area contributed by atoms with Crippen LogP contribution in [0.25, 0.3) is 0 Å². The van der Waals surface area contributed by atoms with Gasteiger partial charge in [-0.2, -0.15) is 0 Å². The van der Waals surface area contributed by atoms with Crippen LogP contribution in [0, 0.1) is 22.9 Å². The highest BCUT2D eigenvalue weighted by molar-refractivity contribution is 5.99. The van der Waals surface area contributed by atoms with E-state index in [9.17, 15) is 27.6 Å². The zero-order valence-electron chi connectivity index (χ0n) is 18.9. The quantitative estimate of drug-likeness (QED) is 0.713. The number of hydrogen-bond acceptors (Lipinski definition) is 5. The lowest BCUT2D eigenvalue weighted by atomic mass is 9.76. The van der Waals surface area contributed by atoms with E-state index in [1.54, 1.807) is 4.90 Å². The summed E-state index contributed by atoms with van der Waals surface area (Å²) in [7, 11) is 1.23. The van der Waals surface area contributed by atoms with Crippen LogP contribution >= 0.6 is 0 Å². The zero-order valence-corrected chi connectivity index (χ0v) is 18.9. The highest BCUT2D eigenvalue weighted by Crippen LogP contribution is 2.67. The Labute approximate surface area is 197 Å². The Morgan fingerprint density at radius 2 is 1.97 bits per heavy atom. The molecule has 1 spiro atoms. The van der Waals surface area contributed by atoms with E-state index in [2.05, 4.69) is 5.32 Å². The fraction of sp³-hybridized carbons (Fsp3) is 0.458. The van der Waals surface area contributed by atoms with Crippen molar-refractivity contribution in [3.63, 3.8) is 0 Å². The Hall–Kier alpha value is -3.34. The number of methoxy groups -OCH3 is 1. The number of carbonyl (C=O) groups excluding carboxylic acids is 2. The van der Waals surface area contributed by atoms with Crippen molar-refractivity contribution < 1.29 is 32.2 Å². The molecule has 1 aromatic carbocycles. The second kappa shape index (κ2) is 7.33. The van der Waals surface area contributed by atoms with Gasteiger partial charge < -0.3 is 24.3 Å². The number of halogens is 3. The molecule has 1 N–H and O–H groups in total. The molecule has 5 atom stereocenters. The summed E-state index contributed by atoms with van der Waals surface area (Å²) in [5, 5.41) is 2.38. The van der Waals surface area contributed by atoms with Crippen molar-refractivity contribution in [1.29, 1.82) is 0 Å². The monoisotopic (exact) mass is 489 g/mol. The lowest BCUT2D eigenvalue weighted by molar-refractivity contribution is -0.196. The maximum absolute atomic E-state index is 14.2. The van der Waals surface area contributed by atoms with E-state index < -0.39 is 52.5 Å². The third kappa shape index (κ3) is 3.00. The molecule has 2 saturated carbocycles. The van der Waals surface area contributed by atoms with Gasteiger partial charge in [-0.05, 0) is 26.2 Å². The van der Waals surface area contributed by atoms with Crippen LogP contribution in [0.2, 0.25) is 0 Å². The van der Waals surface area contributed by atoms with Gasteiger partial charge in [0.05, 0.1) is 25.8 Å². The van der Waals surface area contributed by atoms with Crippen LogP contribution in [0.15, 0.2) is 23.1 Å². The van der Waals surface area contributed by atoms with Crippen LogP contribution in [0.3, 0.4) is 0 Å². The standard InChI is InChI=1S/C24H22F3N3O5/c1-10(18-13(26)5-11(25)6-14(18)27)28-22(32)12-8-29-9-17-30(15-7-24(15)4-3-16(24)35-17)23(33)19(29)21(34-2)20(12)31/h5-6,8,10,15-17H,3-4,7,9H2,1-2H3,(H,28,32)/t10-,15?,16-,17-,24+/m1/s1. The number of pyridine rings is 1. The molecule has 2 aliphatic heterocycles. The summed E-state index contributed by atoms with van der Waals surface area (Å²) in [6, 6.07) is -0.119. The highest BCUT2D eigenvalue weighted by Gasteiger charge is 2.72. The number of ether oxygens (including phenoxy) is 2. The van der Waals surface area contributed by atoms with Gasteiger partial charge in [-0.3, -0.25) is 14.4 Å². The minimum atomic E-state index is -1.21. The van der Waals surface area contributed by atoms with Crippen LogP contribution in [0.1, 0.15) is 58.6 Å². The van der Waals surface area contributed by atoms with Crippen molar-refractivity contribution in [3.05, 3.63) is 62.8 Å². The molecule has 2 aliphatic carbocycles. The predicted octanol–water partition coefficient (Wildman–Crippen LogP) is 2.50. The van der Waals surface area contributed by atoms with E-state index in [1.165, 1.54) is 24.8 Å². The zero-order chi connectivity index (χ0) is 24.8. The van der Waals surface area contributed by atoms with Gasteiger partial charge in [0.25, 0.3) is 11.8 Å². The molecule has 35 heavy (non-hydrogen) atoms. The predicted molar refractivity (Wildman–Crippen MR) is 114 cm³/mol. The molecule has 8 nitrogen and oxygen atoms in total. The average Bonchev–Trinajstić information content (AvgIpc) is 3.54. The largest absolute Gasteiger partial charge is 0.491 e. The van der Waals surface area contributed by atoms with Gasteiger partial charge in [0.1, 0.15) is 23.0 Å². The molecule has 11 heteroatoms. The molecule has 3 fully saturated rings. The highest BCUT2D eigenvalue weighted by atomic mass is 19.1. The first-order valence-corrected chi connectivity index (χ1v) is 11.4. The first-order valence-electron chi connectivity index (χ1n) is 11.4. The summed E-state index contributed by atoms with van der Waals surface area (Å²) in [5.41, 5.74) is -1.65. The molecular weight excluding hydrogens is 467 g/mol. The van der Waals surface area contributed by atoms with E-state index >= 15 is 0 Å². The minimum absolute atomic E-state index is 0.0305. The SMILES string of the molecule is COc1c2n(cc(C(=O)N[C@H](C)c3c(F)cc(F)cc3F)c1=O)C[C@H]1O[C@@H]3CC[C@@]34CC4N1C2=O. The van der Waals surface area contributed by atoms with Crippen molar-refractivity contribution in [2.24, 2.45) is 5.41 Å². The normalized spacial score (nSPS) is 28.7. The van der Waals surface area contributed by atoms with Crippen molar-refractivity contribution in [2.75, 3.05) is 7.11 Å². The Morgan fingerprint density at radius 1 is 1.26 bits per heavy atom. The summed E-state index contributed by atoms with van der Waals surface area (Å²) in [4.78, 5) is 41.2. The first-order chi connectivity index (χ1) is 16.7. The Morgan fingerprint density at radius 3 is 2.60 bits per heavy atom. The molecule has 1 unspecified atom stereocenters. The maximum atomic E-state index is 14.2. The van der Waals surface area contributed by atoms with E-state index in [1.807, 2.05) is 0 Å². The number of aromatic nitrogens is 1. The number of fused-ring (bicyclic) bond motifs is 3. The summed E-state index contributed by atoms with van der Waals surface area (Å²) >= 11 is 0. The van der Waals surface area contributed by atoms with E-state index in [0.29, 0.717) is 12.1 Å². The number of nitrogens with one attached hydrogen (secondary N) is 1. The fourth-order valence-electron chi connectivity index (χ4n) is 5.95. The minimum Gasteiger partial charge on any atom is -0.491 e. The summed E-state index contributed by atoms with van der Waals surface area (Å²) in [5.74, 6) is -5.01. The number of benzene rings is 1. The lowest BCUT2D eigenvalue weighted by Gasteiger charge is -2.51. The molecule has 0 bridgehead atoms. The Bertz CT molecular complexity index is 1340.